The van der Waals surface area contributed by atoms with Crippen LogP contribution in [0.5, 0.6) is 0 Å². The van der Waals surface area contributed by atoms with Crippen LogP contribution in [0.15, 0.2) is 40.4 Å². The number of nitrogens with one attached hydrogen (secondary N) is 2. The van der Waals surface area contributed by atoms with Gasteiger partial charge in [0.2, 0.25) is 11.8 Å². The van der Waals surface area contributed by atoms with E-state index in [1.165, 1.54) is 36.0 Å². The van der Waals surface area contributed by atoms with Gasteiger partial charge in [0.1, 0.15) is 0 Å². The first kappa shape index (κ1) is 20.8. The Hall–Kier alpha value is -2.46. The van der Waals surface area contributed by atoms with Gasteiger partial charge in [0.25, 0.3) is 10.0 Å². The van der Waals surface area contributed by atoms with E-state index in [-0.39, 0.29) is 17.2 Å². The van der Waals surface area contributed by atoms with E-state index in [1.54, 1.807) is 0 Å². The Balaban J connectivity index is 1.87. The molecule has 0 aliphatic carbocycles. The minimum atomic E-state index is -3.89. The molecule has 27 heavy (non-hydrogen) atoms. The molecular formula is C17H20N4O4S2. The lowest BCUT2D eigenvalue weighted by Gasteiger charge is -2.08. The maximum Gasteiger partial charge on any atom is 0.264 e. The van der Waals surface area contributed by atoms with Crippen LogP contribution < -0.4 is 10.0 Å². The molecule has 0 unspecified atom stereocenters. The average molecular weight is 409 g/mol. The molecule has 0 bridgehead atoms. The molecule has 0 aliphatic rings. The molecule has 2 amide bonds. The molecule has 0 saturated carbocycles. The van der Waals surface area contributed by atoms with Crippen LogP contribution in [0.25, 0.3) is 0 Å². The molecule has 0 radical (unpaired) electrons. The molecule has 0 atom stereocenters. The van der Waals surface area contributed by atoms with Gasteiger partial charge in [-0.3, -0.25) is 9.59 Å². The average Bonchev–Trinajstić information content (AvgIpc) is 2.53. The molecule has 0 spiro atoms. The summed E-state index contributed by atoms with van der Waals surface area (Å²) in [7, 11) is -3.89. The molecule has 1 heterocycles. The third-order valence-corrected chi connectivity index (χ3v) is 5.55. The molecule has 1 aromatic carbocycles. The van der Waals surface area contributed by atoms with Gasteiger partial charge in [0, 0.05) is 36.2 Å². The Labute approximate surface area is 162 Å². The lowest BCUT2D eigenvalue weighted by Crippen LogP contribution is -2.28. The second-order valence-electron chi connectivity index (χ2n) is 5.77. The third kappa shape index (κ3) is 6.65. The third-order valence-electron chi connectivity index (χ3n) is 3.25. The van der Waals surface area contributed by atoms with E-state index in [0.717, 1.165) is 18.3 Å². The van der Waals surface area contributed by atoms with Gasteiger partial charge in [-0.1, -0.05) is 11.8 Å². The van der Waals surface area contributed by atoms with Crippen molar-refractivity contribution in [3.63, 3.8) is 0 Å². The van der Waals surface area contributed by atoms with E-state index in [1.807, 2.05) is 24.6 Å². The van der Waals surface area contributed by atoms with Crippen molar-refractivity contribution in [2.24, 2.45) is 0 Å². The summed E-state index contributed by atoms with van der Waals surface area (Å²) in [5.74, 6) is -0.356. The van der Waals surface area contributed by atoms with Crippen LogP contribution in [-0.4, -0.2) is 36.0 Å². The number of rotatable bonds is 7. The SMILES string of the molecule is CC(=O)NS(=O)(=O)c1ccc(NC(=O)CCSc2nc(C)cc(C)n2)cc1. The number of sulfonamides is 1. The van der Waals surface area contributed by atoms with Crippen LogP contribution in [0.4, 0.5) is 5.69 Å². The van der Waals surface area contributed by atoms with Crippen LogP contribution in [0, 0.1) is 13.8 Å². The molecule has 2 rings (SSSR count). The van der Waals surface area contributed by atoms with Crippen molar-refractivity contribution < 1.29 is 18.0 Å². The fraction of sp³-hybridized carbons (Fsp3) is 0.294. The number of benzene rings is 1. The van der Waals surface area contributed by atoms with E-state index < -0.39 is 15.9 Å². The Kier molecular flexibility index (Phi) is 6.92. The summed E-state index contributed by atoms with van der Waals surface area (Å²) in [6.45, 7) is 4.90. The number of nitrogens with zero attached hydrogens (tertiary/aromatic N) is 2. The van der Waals surface area contributed by atoms with Crippen molar-refractivity contribution in [3.8, 4) is 0 Å². The predicted octanol–water partition coefficient (Wildman–Crippen LogP) is 2.04. The van der Waals surface area contributed by atoms with Crippen LogP contribution in [0.1, 0.15) is 24.7 Å². The van der Waals surface area contributed by atoms with Gasteiger partial charge in [-0.15, -0.1) is 0 Å². The zero-order valence-corrected chi connectivity index (χ0v) is 16.8. The number of carbonyl (C=O) groups is 2. The predicted molar refractivity (Wildman–Crippen MR) is 103 cm³/mol. The van der Waals surface area contributed by atoms with E-state index in [9.17, 15) is 18.0 Å². The van der Waals surface area contributed by atoms with Gasteiger partial charge in [0.15, 0.2) is 5.16 Å². The highest BCUT2D eigenvalue weighted by molar-refractivity contribution is 7.99. The summed E-state index contributed by atoms with van der Waals surface area (Å²) in [6, 6.07) is 7.45. The van der Waals surface area contributed by atoms with Gasteiger partial charge in [-0.2, -0.15) is 0 Å². The zero-order chi connectivity index (χ0) is 20.0. The van der Waals surface area contributed by atoms with Gasteiger partial charge < -0.3 is 5.32 Å². The number of carbonyl (C=O) groups excluding carboxylic acids is 2. The lowest BCUT2D eigenvalue weighted by atomic mass is 10.3. The standard InChI is InChI=1S/C17H20N4O4S2/c1-11-10-12(2)19-17(18-11)26-9-8-16(23)20-14-4-6-15(7-5-14)27(24,25)21-13(3)22/h4-7,10H,8-9H2,1-3H3,(H,20,23)(H,21,22). The number of thioether (sulfide) groups is 1. The first-order valence-corrected chi connectivity index (χ1v) is 10.5. The first-order valence-electron chi connectivity index (χ1n) is 8.04. The van der Waals surface area contributed by atoms with Crippen molar-refractivity contribution in [2.75, 3.05) is 11.1 Å². The first-order chi connectivity index (χ1) is 12.7. The van der Waals surface area contributed by atoms with Crippen molar-refractivity contribution in [1.29, 1.82) is 0 Å². The van der Waals surface area contributed by atoms with Crippen molar-refractivity contribution in [3.05, 3.63) is 41.7 Å². The van der Waals surface area contributed by atoms with E-state index in [4.69, 9.17) is 0 Å². The zero-order valence-electron chi connectivity index (χ0n) is 15.1. The van der Waals surface area contributed by atoms with Gasteiger partial charge in [-0.05, 0) is 44.2 Å². The van der Waals surface area contributed by atoms with Gasteiger partial charge >= 0.3 is 0 Å². The minimum absolute atomic E-state index is 0.0572. The number of hydrogen-bond acceptors (Lipinski definition) is 7. The monoisotopic (exact) mass is 408 g/mol. The maximum atomic E-state index is 12.0. The highest BCUT2D eigenvalue weighted by Crippen LogP contribution is 2.17. The highest BCUT2D eigenvalue weighted by atomic mass is 32.2. The van der Waals surface area contributed by atoms with Gasteiger partial charge in [0.05, 0.1) is 4.90 Å². The van der Waals surface area contributed by atoms with Crippen molar-refractivity contribution in [2.45, 2.75) is 37.2 Å². The number of hydrogen-bond donors (Lipinski definition) is 2. The number of aromatic nitrogens is 2. The number of amides is 2. The Morgan fingerprint density at radius 3 is 2.22 bits per heavy atom. The molecule has 8 nitrogen and oxygen atoms in total. The number of aryl methyl sites for hydroxylation is 2. The fourth-order valence-corrected chi connectivity index (χ4v) is 4.06. The van der Waals surface area contributed by atoms with Crippen molar-refractivity contribution in [1.82, 2.24) is 14.7 Å². The normalized spacial score (nSPS) is 11.1. The Morgan fingerprint density at radius 2 is 1.67 bits per heavy atom. The molecule has 144 valence electrons. The van der Waals surface area contributed by atoms with Crippen LogP contribution in [-0.2, 0) is 19.6 Å². The van der Waals surface area contributed by atoms with E-state index >= 15 is 0 Å². The molecule has 0 fully saturated rings. The largest absolute Gasteiger partial charge is 0.326 e. The molecule has 2 N–H and O–H groups in total. The fourth-order valence-electron chi connectivity index (χ4n) is 2.18. The molecule has 0 saturated heterocycles. The molecule has 10 heteroatoms. The topological polar surface area (TPSA) is 118 Å². The quantitative estimate of drug-likeness (QED) is 0.531. The van der Waals surface area contributed by atoms with Crippen LogP contribution in [0.3, 0.4) is 0 Å². The second kappa shape index (κ2) is 8.96. The Bertz CT molecular complexity index is 924. The van der Waals surface area contributed by atoms with Crippen LogP contribution >= 0.6 is 11.8 Å². The lowest BCUT2D eigenvalue weighted by molar-refractivity contribution is -0.117. The maximum absolute atomic E-state index is 12.0. The van der Waals surface area contributed by atoms with Gasteiger partial charge in [-0.25, -0.2) is 23.1 Å². The second-order valence-corrected chi connectivity index (χ2v) is 8.51. The van der Waals surface area contributed by atoms with E-state index in [0.29, 0.717) is 16.6 Å². The van der Waals surface area contributed by atoms with Crippen molar-refractivity contribution >= 4 is 39.3 Å². The molecule has 1 aromatic heterocycles. The summed E-state index contributed by atoms with van der Waals surface area (Å²) in [5.41, 5.74) is 2.22. The summed E-state index contributed by atoms with van der Waals surface area (Å²) < 4.78 is 25.6. The number of anilines is 1. The molecule has 2 aromatic rings. The van der Waals surface area contributed by atoms with E-state index in [2.05, 4.69) is 15.3 Å². The Morgan fingerprint density at radius 1 is 1.07 bits per heavy atom. The molecule has 0 aliphatic heterocycles. The highest BCUT2D eigenvalue weighted by Gasteiger charge is 2.15. The summed E-state index contributed by atoms with van der Waals surface area (Å²) >= 11 is 1.40. The smallest absolute Gasteiger partial charge is 0.264 e. The molecular weight excluding hydrogens is 388 g/mol. The minimum Gasteiger partial charge on any atom is -0.326 e. The summed E-state index contributed by atoms with van der Waals surface area (Å²) in [4.78, 5) is 31.5. The summed E-state index contributed by atoms with van der Waals surface area (Å²) in [6.07, 6.45) is 0.257. The summed E-state index contributed by atoms with van der Waals surface area (Å²) in [5, 5.41) is 3.33. The van der Waals surface area contributed by atoms with Crippen LogP contribution in [0.2, 0.25) is 0 Å².